The van der Waals surface area contributed by atoms with Crippen molar-refractivity contribution in [1.29, 1.82) is 0 Å². The van der Waals surface area contributed by atoms with E-state index in [2.05, 4.69) is 15.0 Å². The first kappa shape index (κ1) is 12.0. The van der Waals surface area contributed by atoms with Gasteiger partial charge in [0.25, 0.3) is 0 Å². The Morgan fingerprint density at radius 1 is 1.39 bits per heavy atom. The highest BCUT2D eigenvalue weighted by molar-refractivity contribution is 5.86. The monoisotopic (exact) mass is 240 g/mol. The molecule has 1 N–H and O–H groups in total. The van der Waals surface area contributed by atoms with Gasteiger partial charge in [-0.1, -0.05) is 29.4 Å². The Hall–Kier alpha value is -2.52. The van der Waals surface area contributed by atoms with Crippen molar-refractivity contribution >= 4 is 17.0 Å². The van der Waals surface area contributed by atoms with Crippen molar-refractivity contribution in [3.05, 3.63) is 62.8 Å². The Morgan fingerprint density at radius 3 is 3.11 bits per heavy atom. The number of azide groups is 1. The van der Waals surface area contributed by atoms with Crippen LogP contribution >= 0.6 is 0 Å². The molecule has 0 radical (unpaired) electrons. The van der Waals surface area contributed by atoms with Crippen molar-refractivity contribution in [3.63, 3.8) is 0 Å². The van der Waals surface area contributed by atoms with Crippen LogP contribution in [0.4, 0.5) is 0 Å². The van der Waals surface area contributed by atoms with Crippen LogP contribution in [-0.2, 0) is 0 Å². The number of benzene rings is 1. The zero-order valence-corrected chi connectivity index (χ0v) is 9.71. The smallest absolute Gasteiger partial charge is 0.189 e. The fourth-order valence-corrected chi connectivity index (χ4v) is 1.75. The molecule has 2 rings (SSSR count). The number of para-hydroxylation sites is 1. The predicted molar refractivity (Wildman–Crippen MR) is 72.2 cm³/mol. The Balaban J connectivity index is 2.31. The number of aromatic nitrogens is 1. The fraction of sp³-hybridized carbons (Fsp3) is 0.154. The second kappa shape index (κ2) is 5.70. The highest BCUT2D eigenvalue weighted by atomic mass is 16.1. The zero-order chi connectivity index (χ0) is 12.8. The number of pyridine rings is 1. The number of hydrogen-bond acceptors (Lipinski definition) is 2. The number of nitrogens with zero attached hydrogens (tertiary/aromatic N) is 3. The molecule has 0 aliphatic heterocycles. The number of rotatable bonds is 4. The quantitative estimate of drug-likeness (QED) is 0.378. The lowest BCUT2D eigenvalue weighted by molar-refractivity contribution is 0.996. The molecule has 0 aliphatic carbocycles. The molecule has 0 saturated carbocycles. The zero-order valence-electron chi connectivity index (χ0n) is 9.71. The summed E-state index contributed by atoms with van der Waals surface area (Å²) >= 11 is 0. The summed E-state index contributed by atoms with van der Waals surface area (Å²) in [5.41, 5.74) is 9.93. The van der Waals surface area contributed by atoms with Crippen LogP contribution in [0.2, 0.25) is 0 Å². The van der Waals surface area contributed by atoms with Crippen LogP contribution < -0.4 is 5.43 Å². The molecule has 90 valence electrons. The van der Waals surface area contributed by atoms with Gasteiger partial charge in [0.2, 0.25) is 0 Å². The summed E-state index contributed by atoms with van der Waals surface area (Å²) in [4.78, 5) is 17.4. The van der Waals surface area contributed by atoms with Gasteiger partial charge in [0.15, 0.2) is 5.43 Å². The third-order valence-corrected chi connectivity index (χ3v) is 2.58. The van der Waals surface area contributed by atoms with Gasteiger partial charge in [-0.2, -0.15) is 0 Å². The second-order valence-electron chi connectivity index (χ2n) is 3.76. The van der Waals surface area contributed by atoms with Crippen LogP contribution in [0.15, 0.2) is 46.4 Å². The lowest BCUT2D eigenvalue weighted by Gasteiger charge is -2.00. The third-order valence-electron chi connectivity index (χ3n) is 2.58. The van der Waals surface area contributed by atoms with Crippen LogP contribution in [0.3, 0.4) is 0 Å². The van der Waals surface area contributed by atoms with Gasteiger partial charge in [0.1, 0.15) is 0 Å². The first-order chi connectivity index (χ1) is 8.83. The van der Waals surface area contributed by atoms with Crippen molar-refractivity contribution in [3.8, 4) is 0 Å². The summed E-state index contributed by atoms with van der Waals surface area (Å²) in [7, 11) is 0. The van der Waals surface area contributed by atoms with Crippen LogP contribution in [0.25, 0.3) is 27.4 Å². The van der Waals surface area contributed by atoms with E-state index in [1.165, 1.54) is 6.07 Å². The number of fused-ring (bicyclic) bond motifs is 1. The van der Waals surface area contributed by atoms with Crippen molar-refractivity contribution < 1.29 is 0 Å². The maximum atomic E-state index is 11.6. The molecule has 18 heavy (non-hydrogen) atoms. The van der Waals surface area contributed by atoms with Gasteiger partial charge in [-0.05, 0) is 23.6 Å². The molecule has 0 bridgehead atoms. The SMILES string of the molecule is [N-]=[N+]=NCCC=Cc1cccc2c(=O)cc[nH]c12. The summed E-state index contributed by atoms with van der Waals surface area (Å²) in [5.74, 6) is 0. The van der Waals surface area contributed by atoms with E-state index in [9.17, 15) is 4.79 Å². The van der Waals surface area contributed by atoms with Crippen LogP contribution in [0.5, 0.6) is 0 Å². The summed E-state index contributed by atoms with van der Waals surface area (Å²) in [5, 5.41) is 4.13. The average Bonchev–Trinajstić information content (AvgIpc) is 2.39. The minimum absolute atomic E-state index is 0.00748. The molecule has 2 aromatic rings. The first-order valence-electron chi connectivity index (χ1n) is 5.61. The van der Waals surface area contributed by atoms with Crippen molar-refractivity contribution in [2.24, 2.45) is 5.11 Å². The highest BCUT2D eigenvalue weighted by Gasteiger charge is 2.00. The molecule has 1 heterocycles. The third kappa shape index (κ3) is 2.59. The van der Waals surface area contributed by atoms with Crippen LogP contribution in [0.1, 0.15) is 12.0 Å². The van der Waals surface area contributed by atoms with Gasteiger partial charge in [-0.15, -0.1) is 0 Å². The molecule has 1 aromatic heterocycles. The molecule has 0 unspecified atom stereocenters. The largest absolute Gasteiger partial charge is 0.360 e. The molecule has 0 spiro atoms. The average molecular weight is 240 g/mol. The lowest BCUT2D eigenvalue weighted by Crippen LogP contribution is -2.00. The summed E-state index contributed by atoms with van der Waals surface area (Å²) in [6.07, 6.45) is 6.17. The van der Waals surface area contributed by atoms with Crippen LogP contribution in [0, 0.1) is 0 Å². The second-order valence-corrected chi connectivity index (χ2v) is 3.76. The normalized spacial score (nSPS) is 10.7. The maximum absolute atomic E-state index is 11.6. The summed E-state index contributed by atoms with van der Waals surface area (Å²) in [6.45, 7) is 0.439. The number of nitrogens with one attached hydrogen (secondary N) is 1. The molecule has 0 saturated heterocycles. The minimum Gasteiger partial charge on any atom is -0.360 e. The Morgan fingerprint density at radius 2 is 2.28 bits per heavy atom. The van der Waals surface area contributed by atoms with E-state index in [1.807, 2.05) is 24.3 Å². The Labute approximate surface area is 103 Å². The Kier molecular flexibility index (Phi) is 3.79. The molecule has 5 heteroatoms. The number of H-pyrrole nitrogens is 1. The Bertz CT molecular complexity index is 681. The molecule has 0 amide bonds. The topological polar surface area (TPSA) is 81.6 Å². The van der Waals surface area contributed by atoms with E-state index < -0.39 is 0 Å². The molecule has 0 fully saturated rings. The van der Waals surface area contributed by atoms with Crippen molar-refractivity contribution in [1.82, 2.24) is 4.98 Å². The van der Waals surface area contributed by atoms with E-state index >= 15 is 0 Å². The van der Waals surface area contributed by atoms with Gasteiger partial charge in [-0.25, -0.2) is 0 Å². The van der Waals surface area contributed by atoms with Gasteiger partial charge in [-0.3, -0.25) is 4.79 Å². The maximum Gasteiger partial charge on any atom is 0.189 e. The fourth-order valence-electron chi connectivity index (χ4n) is 1.75. The van der Waals surface area contributed by atoms with Crippen LogP contribution in [-0.4, -0.2) is 11.5 Å². The predicted octanol–water partition coefficient (Wildman–Crippen LogP) is 3.24. The van der Waals surface area contributed by atoms with E-state index in [0.29, 0.717) is 18.4 Å². The van der Waals surface area contributed by atoms with E-state index in [0.717, 1.165) is 11.1 Å². The first-order valence-corrected chi connectivity index (χ1v) is 5.61. The highest BCUT2D eigenvalue weighted by Crippen LogP contribution is 2.14. The van der Waals surface area contributed by atoms with E-state index in [1.54, 1.807) is 12.3 Å². The van der Waals surface area contributed by atoms with Crippen molar-refractivity contribution in [2.75, 3.05) is 6.54 Å². The molecule has 0 atom stereocenters. The molecule has 0 aliphatic rings. The van der Waals surface area contributed by atoms with Gasteiger partial charge in [0, 0.05) is 29.1 Å². The lowest BCUT2D eigenvalue weighted by atomic mass is 10.1. The summed E-state index contributed by atoms with van der Waals surface area (Å²) < 4.78 is 0. The molecular weight excluding hydrogens is 228 g/mol. The van der Waals surface area contributed by atoms with E-state index in [4.69, 9.17) is 5.53 Å². The van der Waals surface area contributed by atoms with Gasteiger partial charge in [0.05, 0.1) is 5.52 Å². The standard InChI is InChI=1S/C13H12N4O/c14-17-16-8-2-1-4-10-5-3-6-11-12(18)7-9-15-13(10)11/h1,3-7,9H,2,8H2,(H,15,18). The van der Waals surface area contributed by atoms with E-state index in [-0.39, 0.29) is 5.43 Å². The number of hydrogen-bond donors (Lipinski definition) is 1. The van der Waals surface area contributed by atoms with Crippen molar-refractivity contribution in [2.45, 2.75) is 6.42 Å². The molecular formula is C13H12N4O. The number of aromatic amines is 1. The van der Waals surface area contributed by atoms with Gasteiger partial charge >= 0.3 is 0 Å². The summed E-state index contributed by atoms with van der Waals surface area (Å²) in [6, 6.07) is 7.09. The molecule has 1 aromatic carbocycles. The van der Waals surface area contributed by atoms with Gasteiger partial charge < -0.3 is 4.98 Å². The minimum atomic E-state index is 0.00748. The molecule has 5 nitrogen and oxygen atoms in total.